The van der Waals surface area contributed by atoms with Gasteiger partial charge in [-0.25, -0.2) is 0 Å². The number of hydrogen-bond acceptors (Lipinski definition) is 2. The molecule has 0 aliphatic carbocycles. The van der Waals surface area contributed by atoms with E-state index < -0.39 is 5.60 Å². The maximum atomic E-state index is 9.75. The first-order valence-corrected chi connectivity index (χ1v) is 5.53. The first kappa shape index (κ1) is 13.9. The first-order chi connectivity index (χ1) is 6.13. The largest absolute Gasteiger partial charge is 0.393 e. The third-order valence-electron chi connectivity index (χ3n) is 2.52. The van der Waals surface area contributed by atoms with E-state index in [2.05, 4.69) is 0 Å². The van der Waals surface area contributed by atoms with E-state index >= 15 is 0 Å². The van der Waals surface area contributed by atoms with Crippen molar-refractivity contribution in [2.24, 2.45) is 5.41 Å². The zero-order valence-electron chi connectivity index (χ0n) is 10.3. The average Bonchev–Trinajstić information content (AvgIpc) is 1.93. The molecule has 0 spiro atoms. The molecule has 0 fully saturated rings. The fraction of sp³-hybridized carbons (Fsp3) is 1.00. The summed E-state index contributed by atoms with van der Waals surface area (Å²) >= 11 is 0. The van der Waals surface area contributed by atoms with E-state index in [0.29, 0.717) is 0 Å². The van der Waals surface area contributed by atoms with E-state index in [1.54, 1.807) is 0 Å². The third kappa shape index (κ3) is 7.34. The van der Waals surface area contributed by atoms with Crippen molar-refractivity contribution in [2.45, 2.75) is 72.0 Å². The van der Waals surface area contributed by atoms with Crippen LogP contribution in [0.25, 0.3) is 0 Å². The van der Waals surface area contributed by atoms with Gasteiger partial charge in [0, 0.05) is 0 Å². The van der Waals surface area contributed by atoms with Crippen molar-refractivity contribution >= 4 is 0 Å². The minimum Gasteiger partial charge on any atom is -0.393 e. The van der Waals surface area contributed by atoms with Gasteiger partial charge in [-0.1, -0.05) is 33.6 Å². The lowest BCUT2D eigenvalue weighted by atomic mass is 9.86. The number of hydrogen-bond donors (Lipinski definition) is 2. The van der Waals surface area contributed by atoms with Crippen molar-refractivity contribution in [2.75, 3.05) is 0 Å². The van der Waals surface area contributed by atoms with E-state index in [1.807, 2.05) is 34.6 Å². The zero-order chi connectivity index (χ0) is 11.4. The summed E-state index contributed by atoms with van der Waals surface area (Å²) in [6.45, 7) is 9.80. The molecular weight excluding hydrogens is 176 g/mol. The van der Waals surface area contributed by atoms with Gasteiger partial charge in [-0.3, -0.25) is 0 Å². The topological polar surface area (TPSA) is 40.5 Å². The highest BCUT2D eigenvalue weighted by atomic mass is 16.3. The van der Waals surface area contributed by atoms with Crippen LogP contribution in [0.3, 0.4) is 0 Å². The molecule has 1 atom stereocenters. The SMILES string of the molecule is CC(C)(O)CCCCC(O)C(C)(C)C. The van der Waals surface area contributed by atoms with E-state index in [4.69, 9.17) is 0 Å². The Labute approximate surface area is 88.3 Å². The van der Waals surface area contributed by atoms with E-state index in [0.717, 1.165) is 25.7 Å². The lowest BCUT2D eigenvalue weighted by Crippen LogP contribution is -2.26. The Morgan fingerprint density at radius 1 is 1.00 bits per heavy atom. The molecule has 86 valence electrons. The molecule has 14 heavy (non-hydrogen) atoms. The predicted octanol–water partition coefficient (Wildman–Crippen LogP) is 2.72. The lowest BCUT2D eigenvalue weighted by Gasteiger charge is -2.26. The van der Waals surface area contributed by atoms with Gasteiger partial charge in [0.25, 0.3) is 0 Å². The highest BCUT2D eigenvalue weighted by molar-refractivity contribution is 4.73. The Kier molecular flexibility index (Phi) is 5.10. The second kappa shape index (κ2) is 5.13. The lowest BCUT2D eigenvalue weighted by molar-refractivity contribution is 0.0454. The van der Waals surface area contributed by atoms with Gasteiger partial charge in [0.2, 0.25) is 0 Å². The van der Waals surface area contributed by atoms with E-state index in [1.165, 1.54) is 0 Å². The molecule has 0 amide bonds. The average molecular weight is 202 g/mol. The molecule has 0 saturated heterocycles. The predicted molar refractivity (Wildman–Crippen MR) is 60.2 cm³/mol. The number of aliphatic hydroxyl groups excluding tert-OH is 1. The van der Waals surface area contributed by atoms with Gasteiger partial charge in [-0.05, 0) is 32.1 Å². The van der Waals surface area contributed by atoms with Crippen LogP contribution in [0.15, 0.2) is 0 Å². The molecule has 0 saturated carbocycles. The molecule has 0 bridgehead atoms. The van der Waals surface area contributed by atoms with E-state index in [9.17, 15) is 10.2 Å². The normalized spacial score (nSPS) is 15.6. The van der Waals surface area contributed by atoms with Crippen LogP contribution < -0.4 is 0 Å². The molecule has 0 rings (SSSR count). The van der Waals surface area contributed by atoms with Crippen LogP contribution in [0.1, 0.15) is 60.3 Å². The summed E-state index contributed by atoms with van der Waals surface area (Å²) in [6.07, 6.45) is 3.38. The molecule has 0 heterocycles. The standard InChI is InChI=1S/C12H26O2/c1-11(2,3)10(13)8-6-7-9-12(4,5)14/h10,13-14H,6-9H2,1-5H3. The maximum Gasteiger partial charge on any atom is 0.0591 e. The van der Waals surface area contributed by atoms with Crippen LogP contribution in [0.2, 0.25) is 0 Å². The summed E-state index contributed by atoms with van der Waals surface area (Å²) in [6, 6.07) is 0. The van der Waals surface area contributed by atoms with Gasteiger partial charge in [0.1, 0.15) is 0 Å². The van der Waals surface area contributed by atoms with Gasteiger partial charge < -0.3 is 10.2 Å². The zero-order valence-corrected chi connectivity index (χ0v) is 10.3. The highest BCUT2D eigenvalue weighted by Gasteiger charge is 2.21. The fourth-order valence-corrected chi connectivity index (χ4v) is 1.33. The van der Waals surface area contributed by atoms with E-state index in [-0.39, 0.29) is 11.5 Å². The summed E-state index contributed by atoms with van der Waals surface area (Å²) in [5.74, 6) is 0. The first-order valence-electron chi connectivity index (χ1n) is 5.53. The summed E-state index contributed by atoms with van der Waals surface area (Å²) < 4.78 is 0. The van der Waals surface area contributed by atoms with Gasteiger partial charge in [0.05, 0.1) is 11.7 Å². The van der Waals surface area contributed by atoms with Crippen molar-refractivity contribution < 1.29 is 10.2 Å². The fourth-order valence-electron chi connectivity index (χ4n) is 1.33. The minimum atomic E-state index is -0.563. The Morgan fingerprint density at radius 3 is 1.86 bits per heavy atom. The van der Waals surface area contributed by atoms with Gasteiger partial charge in [0.15, 0.2) is 0 Å². The van der Waals surface area contributed by atoms with Crippen molar-refractivity contribution in [3.8, 4) is 0 Å². The Hall–Kier alpha value is -0.0800. The second-order valence-corrected chi connectivity index (χ2v) is 5.94. The molecular formula is C12H26O2. The molecule has 0 aromatic carbocycles. The van der Waals surface area contributed by atoms with Crippen LogP contribution in [0.5, 0.6) is 0 Å². The summed E-state index contributed by atoms with van der Waals surface area (Å²) in [4.78, 5) is 0. The van der Waals surface area contributed by atoms with Gasteiger partial charge in [-0.2, -0.15) is 0 Å². The molecule has 1 unspecified atom stereocenters. The number of unbranched alkanes of at least 4 members (excludes halogenated alkanes) is 1. The molecule has 0 aliphatic heterocycles. The van der Waals surface area contributed by atoms with Crippen molar-refractivity contribution in [3.05, 3.63) is 0 Å². The molecule has 0 aromatic heterocycles. The van der Waals surface area contributed by atoms with Crippen molar-refractivity contribution in [3.63, 3.8) is 0 Å². The quantitative estimate of drug-likeness (QED) is 0.673. The van der Waals surface area contributed by atoms with Crippen LogP contribution in [-0.4, -0.2) is 21.9 Å². The van der Waals surface area contributed by atoms with Crippen LogP contribution in [0, 0.1) is 5.41 Å². The summed E-state index contributed by atoms with van der Waals surface area (Å²) in [7, 11) is 0. The Balaban J connectivity index is 3.56. The van der Waals surface area contributed by atoms with Crippen molar-refractivity contribution in [1.29, 1.82) is 0 Å². The second-order valence-electron chi connectivity index (χ2n) is 5.94. The Bertz CT molecular complexity index is 151. The van der Waals surface area contributed by atoms with Crippen LogP contribution >= 0.6 is 0 Å². The molecule has 0 aliphatic rings. The highest BCUT2D eigenvalue weighted by Crippen LogP contribution is 2.24. The molecule has 0 aromatic rings. The minimum absolute atomic E-state index is 0.0191. The monoisotopic (exact) mass is 202 g/mol. The van der Waals surface area contributed by atoms with Crippen LogP contribution in [-0.2, 0) is 0 Å². The molecule has 2 nitrogen and oxygen atoms in total. The van der Waals surface area contributed by atoms with Crippen LogP contribution in [0.4, 0.5) is 0 Å². The maximum absolute atomic E-state index is 9.75. The van der Waals surface area contributed by atoms with Crippen molar-refractivity contribution in [1.82, 2.24) is 0 Å². The molecule has 2 N–H and O–H groups in total. The van der Waals surface area contributed by atoms with Gasteiger partial charge in [-0.15, -0.1) is 0 Å². The number of rotatable bonds is 5. The molecule has 0 radical (unpaired) electrons. The molecule has 2 heteroatoms. The summed E-state index contributed by atoms with van der Waals surface area (Å²) in [5.41, 5.74) is -0.582. The Morgan fingerprint density at radius 2 is 1.50 bits per heavy atom. The van der Waals surface area contributed by atoms with Gasteiger partial charge >= 0.3 is 0 Å². The smallest absolute Gasteiger partial charge is 0.0591 e. The number of aliphatic hydroxyl groups is 2. The third-order valence-corrected chi connectivity index (χ3v) is 2.52. The summed E-state index contributed by atoms with van der Waals surface area (Å²) in [5, 5.41) is 19.2.